The van der Waals surface area contributed by atoms with Gasteiger partial charge in [-0.3, -0.25) is 4.79 Å². The number of hydrogen-bond acceptors (Lipinski definition) is 4. The Morgan fingerprint density at radius 3 is 2.23 bits per heavy atom. The zero-order valence-electron chi connectivity index (χ0n) is 11.6. The molecular weight excluding hydrogens is 305 g/mol. The first-order valence-electron chi connectivity index (χ1n) is 6.14. The number of nitrogens with two attached hydrogens (primary N) is 1. The number of amides is 1. The van der Waals surface area contributed by atoms with E-state index in [1.54, 1.807) is 0 Å². The lowest BCUT2D eigenvalue weighted by molar-refractivity contribution is -0.192. The Balaban J connectivity index is 0.000000534. The number of carboxylic acid groups (broad SMARTS) is 1. The maximum Gasteiger partial charge on any atom is 0.490 e. The van der Waals surface area contributed by atoms with E-state index < -0.39 is 12.1 Å². The van der Waals surface area contributed by atoms with Crippen molar-refractivity contribution in [3.63, 3.8) is 0 Å². The molecule has 0 fully saturated rings. The lowest BCUT2D eigenvalue weighted by Crippen LogP contribution is -2.30. The molecule has 0 spiro atoms. The van der Waals surface area contributed by atoms with Crippen LogP contribution in [0.2, 0.25) is 0 Å². The van der Waals surface area contributed by atoms with Crippen molar-refractivity contribution in [2.24, 2.45) is 5.73 Å². The van der Waals surface area contributed by atoms with E-state index in [0.717, 1.165) is 5.56 Å². The van der Waals surface area contributed by atoms with Gasteiger partial charge in [0, 0.05) is 6.54 Å². The molecule has 1 aromatic rings. The molecule has 0 radical (unpaired) electrons. The van der Waals surface area contributed by atoms with E-state index >= 15 is 0 Å². The quantitative estimate of drug-likeness (QED) is 0.648. The van der Waals surface area contributed by atoms with Crippen molar-refractivity contribution in [1.82, 2.24) is 5.32 Å². The third-order valence-corrected chi connectivity index (χ3v) is 2.08. The van der Waals surface area contributed by atoms with Crippen molar-refractivity contribution >= 4 is 11.9 Å². The summed E-state index contributed by atoms with van der Waals surface area (Å²) in [4.78, 5) is 19.3. The molecule has 0 bridgehead atoms. The summed E-state index contributed by atoms with van der Waals surface area (Å²) in [7, 11) is 0. The number of carbonyl (C=O) groups excluding carboxylic acids is 1. The van der Waals surface area contributed by atoms with Crippen LogP contribution in [-0.2, 0) is 20.9 Å². The Morgan fingerprint density at radius 1 is 1.23 bits per heavy atom. The van der Waals surface area contributed by atoms with Gasteiger partial charge in [0.15, 0.2) is 0 Å². The highest BCUT2D eigenvalue weighted by Crippen LogP contribution is 2.13. The number of ether oxygens (including phenoxy) is 1. The normalized spacial score (nSPS) is 10.5. The average Bonchev–Trinajstić information content (AvgIpc) is 2.43. The van der Waals surface area contributed by atoms with E-state index in [1.165, 1.54) is 0 Å². The summed E-state index contributed by atoms with van der Waals surface area (Å²) >= 11 is 0. The smallest absolute Gasteiger partial charge is 0.475 e. The number of primary amides is 1. The second-order valence-corrected chi connectivity index (χ2v) is 3.98. The van der Waals surface area contributed by atoms with Gasteiger partial charge in [0.2, 0.25) is 5.91 Å². The Morgan fingerprint density at radius 2 is 1.77 bits per heavy atom. The molecule has 6 nitrogen and oxygen atoms in total. The Kier molecular flexibility index (Phi) is 9.55. The molecule has 0 atom stereocenters. The number of aliphatic carboxylic acids is 1. The third-order valence-electron chi connectivity index (χ3n) is 2.08. The van der Waals surface area contributed by atoms with Crippen LogP contribution in [0.1, 0.15) is 5.56 Å². The molecule has 4 N–H and O–H groups in total. The number of carboxylic acids is 1. The second-order valence-electron chi connectivity index (χ2n) is 3.98. The summed E-state index contributed by atoms with van der Waals surface area (Å²) in [6.07, 6.45) is -5.08. The van der Waals surface area contributed by atoms with Gasteiger partial charge in [-0.1, -0.05) is 30.3 Å². The summed E-state index contributed by atoms with van der Waals surface area (Å²) in [5, 5.41) is 10.00. The predicted molar refractivity (Wildman–Crippen MR) is 71.9 cm³/mol. The first-order valence-corrected chi connectivity index (χ1v) is 6.14. The zero-order chi connectivity index (χ0) is 17.0. The minimum absolute atomic E-state index is 0.203. The highest BCUT2D eigenvalue weighted by Gasteiger charge is 2.38. The molecular formula is C13H17F3N2O4. The van der Waals surface area contributed by atoms with Gasteiger partial charge in [-0.15, -0.1) is 0 Å². The molecule has 124 valence electrons. The van der Waals surface area contributed by atoms with Crippen molar-refractivity contribution in [2.45, 2.75) is 12.8 Å². The molecule has 0 aliphatic rings. The van der Waals surface area contributed by atoms with Gasteiger partial charge in [-0.25, -0.2) is 4.79 Å². The summed E-state index contributed by atoms with van der Waals surface area (Å²) in [5.41, 5.74) is 6.10. The fraction of sp³-hybridized carbons (Fsp3) is 0.385. The zero-order valence-corrected chi connectivity index (χ0v) is 11.6. The first-order chi connectivity index (χ1) is 10.2. The summed E-state index contributed by atoms with van der Waals surface area (Å²) in [5.74, 6) is -3.11. The maximum absolute atomic E-state index is 10.6. The predicted octanol–water partition coefficient (Wildman–Crippen LogP) is 0.911. The highest BCUT2D eigenvalue weighted by atomic mass is 19.4. The second kappa shape index (κ2) is 10.6. The lowest BCUT2D eigenvalue weighted by Gasteiger charge is -2.04. The fourth-order valence-corrected chi connectivity index (χ4v) is 1.12. The Labute approximate surface area is 125 Å². The van der Waals surface area contributed by atoms with Crippen LogP contribution in [0, 0.1) is 0 Å². The average molecular weight is 322 g/mol. The minimum atomic E-state index is -5.08. The van der Waals surface area contributed by atoms with Crippen LogP contribution >= 0.6 is 0 Å². The molecule has 0 aromatic heterocycles. The first kappa shape index (κ1) is 19.9. The van der Waals surface area contributed by atoms with Crippen molar-refractivity contribution in [1.29, 1.82) is 0 Å². The molecule has 1 rings (SSSR count). The van der Waals surface area contributed by atoms with E-state index in [-0.39, 0.29) is 12.5 Å². The van der Waals surface area contributed by atoms with E-state index in [0.29, 0.717) is 19.8 Å². The number of rotatable bonds is 7. The van der Waals surface area contributed by atoms with E-state index in [4.69, 9.17) is 20.4 Å². The molecule has 0 aliphatic heterocycles. The van der Waals surface area contributed by atoms with E-state index in [2.05, 4.69) is 5.32 Å². The number of halogens is 3. The van der Waals surface area contributed by atoms with E-state index in [1.807, 2.05) is 30.3 Å². The topological polar surface area (TPSA) is 102 Å². The molecule has 9 heteroatoms. The SMILES string of the molecule is NC(=O)CNCCOCc1ccccc1.O=C(O)C(F)(F)F. The van der Waals surface area contributed by atoms with Gasteiger partial charge in [-0.2, -0.15) is 13.2 Å². The van der Waals surface area contributed by atoms with Gasteiger partial charge in [0.1, 0.15) is 0 Å². The molecule has 1 amide bonds. The molecule has 0 saturated carbocycles. The number of benzene rings is 1. The molecule has 1 aromatic carbocycles. The van der Waals surface area contributed by atoms with Gasteiger partial charge in [0.25, 0.3) is 0 Å². The van der Waals surface area contributed by atoms with Crippen LogP contribution in [0.5, 0.6) is 0 Å². The number of alkyl halides is 3. The summed E-state index contributed by atoms with van der Waals surface area (Å²) in [6, 6.07) is 9.94. The summed E-state index contributed by atoms with van der Waals surface area (Å²) < 4.78 is 37.1. The Bertz CT molecular complexity index is 452. The van der Waals surface area contributed by atoms with Crippen LogP contribution in [0.25, 0.3) is 0 Å². The van der Waals surface area contributed by atoms with Crippen molar-refractivity contribution < 1.29 is 32.6 Å². The third kappa shape index (κ3) is 11.7. The van der Waals surface area contributed by atoms with Crippen LogP contribution in [0.4, 0.5) is 13.2 Å². The number of carbonyl (C=O) groups is 2. The Hall–Kier alpha value is -2.13. The molecule has 0 aliphatic carbocycles. The maximum atomic E-state index is 10.6. The highest BCUT2D eigenvalue weighted by molar-refractivity contribution is 5.75. The van der Waals surface area contributed by atoms with Crippen LogP contribution in [0.3, 0.4) is 0 Å². The minimum Gasteiger partial charge on any atom is -0.475 e. The van der Waals surface area contributed by atoms with Gasteiger partial charge in [-0.05, 0) is 5.56 Å². The lowest BCUT2D eigenvalue weighted by atomic mass is 10.2. The monoisotopic (exact) mass is 322 g/mol. The molecule has 22 heavy (non-hydrogen) atoms. The van der Waals surface area contributed by atoms with Crippen LogP contribution in [-0.4, -0.2) is 42.9 Å². The van der Waals surface area contributed by atoms with E-state index in [9.17, 15) is 18.0 Å². The van der Waals surface area contributed by atoms with Crippen LogP contribution in [0.15, 0.2) is 30.3 Å². The van der Waals surface area contributed by atoms with Gasteiger partial charge in [0.05, 0.1) is 19.8 Å². The van der Waals surface area contributed by atoms with Gasteiger partial charge < -0.3 is 20.9 Å². The number of hydrogen-bond donors (Lipinski definition) is 3. The standard InChI is InChI=1S/C11H16N2O2.C2HF3O2/c12-11(14)8-13-6-7-15-9-10-4-2-1-3-5-10;3-2(4,5)1(6)7/h1-5,13H,6-9H2,(H2,12,14);(H,6,7). The van der Waals surface area contributed by atoms with Gasteiger partial charge >= 0.3 is 12.1 Å². The van der Waals surface area contributed by atoms with Crippen molar-refractivity contribution in [2.75, 3.05) is 19.7 Å². The largest absolute Gasteiger partial charge is 0.490 e. The molecule has 0 saturated heterocycles. The van der Waals surface area contributed by atoms with Crippen LogP contribution < -0.4 is 11.1 Å². The number of nitrogens with one attached hydrogen (secondary N) is 1. The summed E-state index contributed by atoms with van der Waals surface area (Å²) in [6.45, 7) is 2.01. The fourth-order valence-electron chi connectivity index (χ4n) is 1.12. The molecule has 0 unspecified atom stereocenters. The van der Waals surface area contributed by atoms with Crippen molar-refractivity contribution in [3.8, 4) is 0 Å². The molecule has 0 heterocycles. The van der Waals surface area contributed by atoms with Crippen molar-refractivity contribution in [3.05, 3.63) is 35.9 Å².